The van der Waals surface area contributed by atoms with Crippen molar-refractivity contribution in [2.24, 2.45) is 5.92 Å². The second-order valence-corrected chi connectivity index (χ2v) is 4.27. The van der Waals surface area contributed by atoms with Crippen LogP contribution < -0.4 is 0 Å². The van der Waals surface area contributed by atoms with Crippen molar-refractivity contribution in [1.82, 2.24) is 0 Å². The molecular formula is C17H26. The quantitative estimate of drug-likeness (QED) is 0.375. The minimum Gasteiger partial charge on any atom is -0.103 e. The van der Waals surface area contributed by atoms with E-state index >= 15 is 0 Å². The summed E-state index contributed by atoms with van der Waals surface area (Å²) >= 11 is 0. The molecule has 0 saturated heterocycles. The van der Waals surface area contributed by atoms with Crippen molar-refractivity contribution in [3.63, 3.8) is 0 Å². The van der Waals surface area contributed by atoms with Gasteiger partial charge in [-0.2, -0.15) is 0 Å². The molecule has 0 spiro atoms. The second kappa shape index (κ2) is 8.81. The molecule has 0 aliphatic rings. The Bertz CT molecular complexity index is 326. The van der Waals surface area contributed by atoms with Gasteiger partial charge in [0.05, 0.1) is 0 Å². The lowest BCUT2D eigenvalue weighted by Gasteiger charge is -2.18. The lowest BCUT2D eigenvalue weighted by molar-refractivity contribution is 0.706. The summed E-state index contributed by atoms with van der Waals surface area (Å²) in [6, 6.07) is 0. The number of hydrogen-bond donors (Lipinski definition) is 0. The van der Waals surface area contributed by atoms with E-state index < -0.39 is 0 Å². The van der Waals surface area contributed by atoms with Crippen LogP contribution in [0.5, 0.6) is 0 Å². The predicted molar refractivity (Wildman–Crippen MR) is 80.1 cm³/mol. The lowest BCUT2D eigenvalue weighted by atomic mass is 9.87. The van der Waals surface area contributed by atoms with Crippen LogP contribution in [0.15, 0.2) is 60.8 Å². The molecule has 0 aromatic carbocycles. The summed E-state index contributed by atoms with van der Waals surface area (Å²) in [5.41, 5.74) is 3.76. The van der Waals surface area contributed by atoms with E-state index in [0.717, 1.165) is 24.8 Å². The molecule has 0 heterocycles. The fourth-order valence-corrected chi connectivity index (χ4v) is 1.93. The minimum absolute atomic E-state index is 0.418. The molecule has 0 aliphatic heterocycles. The largest absolute Gasteiger partial charge is 0.103 e. The second-order valence-electron chi connectivity index (χ2n) is 4.27. The molecule has 0 aromatic rings. The van der Waals surface area contributed by atoms with E-state index in [-0.39, 0.29) is 0 Å². The van der Waals surface area contributed by atoms with Crippen molar-refractivity contribution < 1.29 is 0 Å². The first-order valence-electron chi connectivity index (χ1n) is 6.41. The molecule has 17 heavy (non-hydrogen) atoms. The third-order valence-electron chi connectivity index (χ3n) is 2.86. The van der Waals surface area contributed by atoms with Gasteiger partial charge >= 0.3 is 0 Å². The summed E-state index contributed by atoms with van der Waals surface area (Å²) in [6.07, 6.45) is 11.4. The van der Waals surface area contributed by atoms with Crippen LogP contribution in [0.3, 0.4) is 0 Å². The van der Waals surface area contributed by atoms with Crippen molar-refractivity contribution in [3.8, 4) is 0 Å². The Hall–Kier alpha value is -1.30. The van der Waals surface area contributed by atoms with Crippen LogP contribution >= 0.6 is 0 Å². The maximum Gasteiger partial charge on any atom is -0.00164 e. The molecule has 0 amide bonds. The van der Waals surface area contributed by atoms with Crippen LogP contribution in [0.2, 0.25) is 0 Å². The summed E-state index contributed by atoms with van der Waals surface area (Å²) in [7, 11) is 0. The maximum absolute atomic E-state index is 4.08. The molecular weight excluding hydrogens is 204 g/mol. The first-order chi connectivity index (χ1) is 8.12. The first kappa shape index (κ1) is 15.7. The van der Waals surface area contributed by atoms with Crippen LogP contribution in [0.1, 0.15) is 40.0 Å². The summed E-state index contributed by atoms with van der Waals surface area (Å²) in [5.74, 6) is 0.418. The standard InChI is InChI=1S/C17H26/c1-7-11-13-16(14(5)6)17(12-8-2)15(9-3)10-4/h8-9,11,13,15H,2-3,5,7,10,12H2,1,4,6H3. The average molecular weight is 230 g/mol. The SMILES string of the molecule is C=CCC(=C(C=CCC)C(=C)C)C(C=C)CC. The Kier molecular flexibility index (Phi) is 8.13. The molecule has 0 radical (unpaired) electrons. The highest BCUT2D eigenvalue weighted by Crippen LogP contribution is 2.28. The normalized spacial score (nSPS) is 14.3. The monoisotopic (exact) mass is 230 g/mol. The first-order valence-corrected chi connectivity index (χ1v) is 6.41. The average Bonchev–Trinajstić information content (AvgIpc) is 2.30. The highest BCUT2D eigenvalue weighted by molar-refractivity contribution is 5.43. The van der Waals surface area contributed by atoms with E-state index in [1.54, 1.807) is 0 Å². The lowest BCUT2D eigenvalue weighted by Crippen LogP contribution is -2.03. The van der Waals surface area contributed by atoms with Crippen molar-refractivity contribution in [1.29, 1.82) is 0 Å². The molecule has 0 rings (SSSR count). The van der Waals surface area contributed by atoms with Gasteiger partial charge in [0.1, 0.15) is 0 Å². The Morgan fingerprint density at radius 3 is 2.24 bits per heavy atom. The molecule has 0 aliphatic carbocycles. The fraction of sp³-hybridized carbons (Fsp3) is 0.412. The number of rotatable bonds is 8. The Morgan fingerprint density at radius 1 is 1.24 bits per heavy atom. The topological polar surface area (TPSA) is 0 Å². The third kappa shape index (κ3) is 5.04. The van der Waals surface area contributed by atoms with E-state index in [4.69, 9.17) is 0 Å². The fourth-order valence-electron chi connectivity index (χ4n) is 1.93. The van der Waals surface area contributed by atoms with Gasteiger partial charge < -0.3 is 0 Å². The molecule has 0 fully saturated rings. The Labute approximate surface area is 107 Å². The van der Waals surface area contributed by atoms with E-state index in [1.165, 1.54) is 11.1 Å². The molecule has 0 heteroatoms. The van der Waals surface area contributed by atoms with Crippen molar-refractivity contribution in [3.05, 3.63) is 60.8 Å². The van der Waals surface area contributed by atoms with E-state index in [0.29, 0.717) is 5.92 Å². The van der Waals surface area contributed by atoms with Gasteiger partial charge in [-0.25, -0.2) is 0 Å². The predicted octanol–water partition coefficient (Wildman–Crippen LogP) is 5.61. The van der Waals surface area contributed by atoms with E-state index in [9.17, 15) is 0 Å². The van der Waals surface area contributed by atoms with Gasteiger partial charge in [0.25, 0.3) is 0 Å². The van der Waals surface area contributed by atoms with Gasteiger partial charge in [0, 0.05) is 0 Å². The third-order valence-corrected chi connectivity index (χ3v) is 2.86. The molecule has 0 N–H and O–H groups in total. The molecule has 1 unspecified atom stereocenters. The maximum atomic E-state index is 4.08. The van der Waals surface area contributed by atoms with Gasteiger partial charge in [0.15, 0.2) is 0 Å². The van der Waals surface area contributed by atoms with Gasteiger partial charge in [0.2, 0.25) is 0 Å². The highest BCUT2D eigenvalue weighted by Gasteiger charge is 2.12. The zero-order valence-electron chi connectivity index (χ0n) is 11.6. The zero-order chi connectivity index (χ0) is 13.3. The van der Waals surface area contributed by atoms with Gasteiger partial charge in [-0.1, -0.05) is 55.9 Å². The molecule has 0 bridgehead atoms. The van der Waals surface area contributed by atoms with Crippen molar-refractivity contribution >= 4 is 0 Å². The van der Waals surface area contributed by atoms with Crippen molar-refractivity contribution in [2.75, 3.05) is 0 Å². The highest BCUT2D eigenvalue weighted by atomic mass is 14.2. The molecule has 94 valence electrons. The Balaban J connectivity index is 5.54. The van der Waals surface area contributed by atoms with Crippen LogP contribution in [0, 0.1) is 5.92 Å². The van der Waals surface area contributed by atoms with Crippen LogP contribution in [0.4, 0.5) is 0 Å². The smallest absolute Gasteiger partial charge is 0.00164 e. The van der Waals surface area contributed by atoms with Gasteiger partial charge in [-0.15, -0.1) is 13.2 Å². The Morgan fingerprint density at radius 2 is 1.88 bits per heavy atom. The van der Waals surface area contributed by atoms with E-state index in [2.05, 4.69) is 52.7 Å². The number of allylic oxidation sites excluding steroid dienone is 7. The van der Waals surface area contributed by atoms with Crippen LogP contribution in [0.25, 0.3) is 0 Å². The van der Waals surface area contributed by atoms with Gasteiger partial charge in [-0.3, -0.25) is 0 Å². The summed E-state index contributed by atoms with van der Waals surface area (Å²) in [4.78, 5) is 0. The minimum atomic E-state index is 0.418. The molecule has 0 saturated carbocycles. The molecule has 0 nitrogen and oxygen atoms in total. The summed E-state index contributed by atoms with van der Waals surface area (Å²) in [5, 5.41) is 0. The summed E-state index contributed by atoms with van der Waals surface area (Å²) in [6.45, 7) is 18.3. The van der Waals surface area contributed by atoms with Crippen molar-refractivity contribution in [2.45, 2.75) is 40.0 Å². The van der Waals surface area contributed by atoms with Crippen LogP contribution in [-0.2, 0) is 0 Å². The number of hydrogen-bond acceptors (Lipinski definition) is 0. The van der Waals surface area contributed by atoms with Crippen LogP contribution in [-0.4, -0.2) is 0 Å². The molecule has 1 atom stereocenters. The summed E-state index contributed by atoms with van der Waals surface area (Å²) < 4.78 is 0. The van der Waals surface area contributed by atoms with E-state index in [1.807, 2.05) is 12.2 Å². The molecule has 0 aromatic heterocycles. The van der Waals surface area contributed by atoms with Gasteiger partial charge in [-0.05, 0) is 37.7 Å². The zero-order valence-corrected chi connectivity index (χ0v) is 11.6.